The van der Waals surface area contributed by atoms with Crippen LogP contribution in [0.4, 0.5) is 24.3 Å². The molecule has 2 N–H and O–H groups in total. The molecular weight excluding hydrogens is 321 g/mol. The summed E-state index contributed by atoms with van der Waals surface area (Å²) in [7, 11) is -3.67. The first-order valence-corrected chi connectivity index (χ1v) is 7.19. The fourth-order valence-electron chi connectivity index (χ4n) is 0.948. The van der Waals surface area contributed by atoms with Crippen LogP contribution in [0.1, 0.15) is 27.7 Å². The van der Waals surface area contributed by atoms with E-state index in [1.165, 1.54) is 0 Å². The number of hydrogen-bond donors (Lipinski definition) is 1. The Labute approximate surface area is 141 Å². The molecule has 0 aliphatic rings. The highest BCUT2D eigenvalue weighted by molar-refractivity contribution is 6.33. The lowest BCUT2D eigenvalue weighted by Crippen LogP contribution is -3.00. The van der Waals surface area contributed by atoms with Gasteiger partial charge in [0, 0.05) is 17.8 Å². The number of anilines is 1. The third-order valence-corrected chi connectivity index (χ3v) is 1.67. The minimum Gasteiger partial charge on any atom is -1.00 e. The zero-order valence-electron chi connectivity index (χ0n) is 14.3. The van der Waals surface area contributed by atoms with Gasteiger partial charge in [-0.15, -0.1) is 0 Å². The van der Waals surface area contributed by atoms with E-state index in [0.717, 1.165) is 5.69 Å². The molecule has 3 nitrogen and oxygen atoms in total. The monoisotopic (exact) mass is 345 g/mol. The molecule has 0 radical (unpaired) electrons. The van der Waals surface area contributed by atoms with Gasteiger partial charge in [0.15, 0.2) is 4.98 Å². The van der Waals surface area contributed by atoms with Gasteiger partial charge in [0.2, 0.25) is 5.39 Å². The van der Waals surface area contributed by atoms with E-state index in [1.807, 2.05) is 76.2 Å². The molecular formula is C16H24BF4N3. The molecule has 0 heterocycles. The first-order chi connectivity index (χ1) is 11.1. The number of hydrogen-bond acceptors (Lipinski definition) is 2. The summed E-state index contributed by atoms with van der Waals surface area (Å²) in [4.78, 5) is 2.97. The topological polar surface area (TPSA) is 54.2 Å². The highest BCUT2D eigenvalue weighted by Gasteiger charge is 2.06. The molecule has 2 aromatic carbocycles. The predicted octanol–water partition coefficient (Wildman–Crippen LogP) is 3.38. The van der Waals surface area contributed by atoms with Gasteiger partial charge in [-0.05, 0) is 12.1 Å². The van der Waals surface area contributed by atoms with E-state index < -0.39 is 7.54 Å². The van der Waals surface area contributed by atoms with Crippen molar-refractivity contribution >= 4 is 18.9 Å². The molecule has 0 bridgehead atoms. The second kappa shape index (κ2) is 25.4. The highest BCUT2D eigenvalue weighted by Crippen LogP contribution is 2.07. The summed E-state index contributed by atoms with van der Waals surface area (Å²) in [5.41, 5.74) is 6.77. The summed E-state index contributed by atoms with van der Waals surface area (Å²) >= 11 is 0. The molecule has 2 rings (SSSR count). The highest BCUT2D eigenvalue weighted by atomic mass is 19.4. The van der Waals surface area contributed by atoms with Crippen LogP contribution >= 0.6 is 0 Å². The van der Waals surface area contributed by atoms with Gasteiger partial charge in [-0.3, -0.25) is 12.9 Å². The SMILES string of the molecule is CC.CC.FB(F)F.N#[N+]c1ccccc1.Nc1ccccc1.[F-]. The molecule has 0 aliphatic carbocycles. The summed E-state index contributed by atoms with van der Waals surface area (Å²) in [5, 5.41) is 8.16. The van der Waals surface area contributed by atoms with Gasteiger partial charge >= 0.3 is 13.2 Å². The Balaban J connectivity index is -0.000000115. The molecule has 0 fully saturated rings. The van der Waals surface area contributed by atoms with Crippen molar-refractivity contribution in [1.82, 2.24) is 0 Å². The Bertz CT molecular complexity index is 477. The van der Waals surface area contributed by atoms with E-state index >= 15 is 0 Å². The molecule has 134 valence electrons. The molecule has 0 aromatic heterocycles. The standard InChI is InChI=1S/C6H5N2.C6H7N.2C2H6.BF3.FH/c7-8-6-4-2-1-3-5-6;7-6-4-2-1-3-5-6;2*1-2;2-1(3)4;/h1-5H;1-5H,7H2;2*1-2H3;;1H/q+1;;;;;/p-1. The molecule has 0 amide bonds. The van der Waals surface area contributed by atoms with E-state index in [4.69, 9.17) is 11.1 Å². The zero-order valence-corrected chi connectivity index (χ0v) is 14.3. The van der Waals surface area contributed by atoms with Gasteiger partial charge in [0.1, 0.15) is 0 Å². The Kier molecular flexibility index (Phi) is 31.2. The second-order valence-corrected chi connectivity index (χ2v) is 3.09. The molecule has 0 unspecified atom stereocenters. The summed E-state index contributed by atoms with van der Waals surface area (Å²) in [6.45, 7) is 8.00. The van der Waals surface area contributed by atoms with E-state index in [1.54, 1.807) is 12.1 Å². The van der Waals surface area contributed by atoms with E-state index in [2.05, 4.69) is 4.98 Å². The first kappa shape index (κ1) is 29.5. The lowest BCUT2D eigenvalue weighted by Gasteiger charge is -1.83. The van der Waals surface area contributed by atoms with Crippen LogP contribution in [0.5, 0.6) is 0 Å². The Morgan fingerprint density at radius 1 is 0.792 bits per heavy atom. The number of diazo groups is 1. The molecule has 0 spiro atoms. The van der Waals surface area contributed by atoms with E-state index in [9.17, 15) is 12.9 Å². The van der Waals surface area contributed by atoms with Crippen LogP contribution in [0.3, 0.4) is 0 Å². The second-order valence-electron chi connectivity index (χ2n) is 3.09. The van der Waals surface area contributed by atoms with Crippen LogP contribution < -0.4 is 10.4 Å². The number of nitrogens with zero attached hydrogens (tertiary/aromatic N) is 2. The number of nitrogen functional groups attached to an aromatic ring is 1. The van der Waals surface area contributed by atoms with Gasteiger partial charge in [-0.1, -0.05) is 64.1 Å². The van der Waals surface area contributed by atoms with Crippen molar-refractivity contribution in [2.24, 2.45) is 0 Å². The van der Waals surface area contributed by atoms with Crippen molar-refractivity contribution in [3.05, 3.63) is 65.6 Å². The quantitative estimate of drug-likeness (QED) is 0.344. The number of rotatable bonds is 0. The van der Waals surface area contributed by atoms with E-state index in [-0.39, 0.29) is 4.70 Å². The molecule has 0 aliphatic heterocycles. The number of benzene rings is 2. The first-order valence-electron chi connectivity index (χ1n) is 7.19. The molecule has 24 heavy (non-hydrogen) atoms. The average molecular weight is 345 g/mol. The van der Waals surface area contributed by atoms with Crippen LogP contribution in [0.15, 0.2) is 60.7 Å². The van der Waals surface area contributed by atoms with Crippen molar-refractivity contribution in [2.45, 2.75) is 27.7 Å². The van der Waals surface area contributed by atoms with E-state index in [0.29, 0.717) is 5.69 Å². The molecule has 8 heteroatoms. The van der Waals surface area contributed by atoms with Crippen LogP contribution in [0.25, 0.3) is 4.98 Å². The van der Waals surface area contributed by atoms with Crippen molar-refractivity contribution in [2.75, 3.05) is 5.73 Å². The smallest absolute Gasteiger partial charge is 0.762 e. The molecule has 2 aromatic rings. The Morgan fingerprint density at radius 2 is 1.08 bits per heavy atom. The number of para-hydroxylation sites is 1. The van der Waals surface area contributed by atoms with Crippen molar-refractivity contribution in [1.29, 1.82) is 5.39 Å². The van der Waals surface area contributed by atoms with Crippen molar-refractivity contribution in [3.63, 3.8) is 0 Å². The summed E-state index contributed by atoms with van der Waals surface area (Å²) in [6.07, 6.45) is 0. The maximum Gasteiger partial charge on any atom is 0.762 e. The average Bonchev–Trinajstić information content (AvgIpc) is 2.60. The normalized spacial score (nSPS) is 6.75. The van der Waals surface area contributed by atoms with Crippen LogP contribution in [0, 0.1) is 5.39 Å². The predicted molar refractivity (Wildman–Crippen MR) is 93.8 cm³/mol. The largest absolute Gasteiger partial charge is 1.00 e. The molecule has 0 saturated carbocycles. The van der Waals surface area contributed by atoms with Crippen LogP contribution in [0.2, 0.25) is 0 Å². The summed E-state index contributed by atoms with van der Waals surface area (Å²) in [6, 6.07) is 18.4. The maximum atomic E-state index is 9.67. The Morgan fingerprint density at radius 3 is 1.25 bits per heavy atom. The third-order valence-electron chi connectivity index (χ3n) is 1.67. The zero-order chi connectivity index (χ0) is 18.5. The molecule has 0 atom stereocenters. The fraction of sp³-hybridized carbons (Fsp3) is 0.250. The summed E-state index contributed by atoms with van der Waals surface area (Å²) in [5.74, 6) is 0. The van der Waals surface area contributed by atoms with Gasteiger partial charge < -0.3 is 10.4 Å². The Hall–Kier alpha value is -2.56. The van der Waals surface area contributed by atoms with Gasteiger partial charge in [-0.2, -0.15) is 0 Å². The van der Waals surface area contributed by atoms with Crippen LogP contribution in [-0.4, -0.2) is 7.54 Å². The van der Waals surface area contributed by atoms with Gasteiger partial charge in [-0.25, -0.2) is 0 Å². The number of nitrogens with two attached hydrogens (primary N) is 1. The van der Waals surface area contributed by atoms with Crippen molar-refractivity contribution < 1.29 is 17.7 Å². The lowest BCUT2D eigenvalue weighted by molar-refractivity contribution is -0.00000805. The summed E-state index contributed by atoms with van der Waals surface area (Å²) < 4.78 is 29.0. The number of halogens is 4. The fourth-order valence-corrected chi connectivity index (χ4v) is 0.948. The van der Waals surface area contributed by atoms with Gasteiger partial charge in [0.25, 0.3) is 0 Å². The maximum absolute atomic E-state index is 9.67. The van der Waals surface area contributed by atoms with Crippen molar-refractivity contribution in [3.8, 4) is 0 Å². The van der Waals surface area contributed by atoms with Gasteiger partial charge in [0.05, 0.1) is 0 Å². The third kappa shape index (κ3) is 27.7. The van der Waals surface area contributed by atoms with Crippen LogP contribution in [-0.2, 0) is 0 Å². The minimum absolute atomic E-state index is 0. The lowest BCUT2D eigenvalue weighted by atomic mass is 10.3. The molecule has 0 saturated heterocycles. The minimum atomic E-state index is -3.67.